The summed E-state index contributed by atoms with van der Waals surface area (Å²) in [4.78, 5) is 25.4. The fraction of sp³-hybridized carbons (Fsp3) is 0.353. The molecule has 0 aliphatic rings. The lowest BCUT2D eigenvalue weighted by Gasteiger charge is -2.25. The molecule has 0 atom stereocenters. The van der Waals surface area contributed by atoms with Crippen LogP contribution in [0.2, 0.25) is 0 Å². The smallest absolute Gasteiger partial charge is 0.416 e. The van der Waals surface area contributed by atoms with Crippen molar-refractivity contribution in [2.45, 2.75) is 65.0 Å². The lowest BCUT2D eigenvalue weighted by Crippen LogP contribution is -2.26. The van der Waals surface area contributed by atoms with E-state index >= 15 is 0 Å². The van der Waals surface area contributed by atoms with Crippen LogP contribution < -0.4 is 19.5 Å². The second kappa shape index (κ2) is 14.9. The highest BCUT2D eigenvalue weighted by Gasteiger charge is 2.37. The second-order valence-corrected chi connectivity index (χ2v) is 11.4. The van der Waals surface area contributed by atoms with Crippen molar-refractivity contribution >= 4 is 11.9 Å². The summed E-state index contributed by atoms with van der Waals surface area (Å²) in [7, 11) is 1.52. The van der Waals surface area contributed by atoms with Crippen molar-refractivity contribution in [1.29, 1.82) is 0 Å². The van der Waals surface area contributed by atoms with Gasteiger partial charge in [-0.25, -0.2) is 9.97 Å². The molecule has 4 aromatic rings. The summed E-state index contributed by atoms with van der Waals surface area (Å²) in [5.74, 6) is -0.365. The molecule has 14 heteroatoms. The lowest BCUT2D eigenvalue weighted by atomic mass is 9.95. The number of nitrogens with zero attached hydrogens (tertiary/aromatic N) is 4. The Kier molecular flexibility index (Phi) is 11.2. The molecule has 0 aliphatic heterocycles. The van der Waals surface area contributed by atoms with Gasteiger partial charge < -0.3 is 24.3 Å². The molecule has 0 bridgehead atoms. The summed E-state index contributed by atoms with van der Waals surface area (Å²) in [6.07, 6.45) is -7.56. The van der Waals surface area contributed by atoms with Crippen LogP contribution in [0.4, 0.5) is 32.3 Å². The maximum Gasteiger partial charge on any atom is 0.416 e. The Morgan fingerprint density at radius 2 is 1.54 bits per heavy atom. The third-order valence-electron chi connectivity index (χ3n) is 7.35. The van der Waals surface area contributed by atoms with Crippen LogP contribution in [0.1, 0.15) is 66.2 Å². The standard InChI is InChI=1S/C34H34F6N4O4/c1-20(2)23-8-10-30(47-4)28(14-23)27-9-7-21(3)43-29(27)19-44(32-41-16-26(17-42-32)48-11-5-6-31(45)46)18-22-12-24(33(35,36)37)15-25(13-22)34(38,39)40/h7-10,12-17,20H,5-6,11,18-19H2,1-4H3,(H,45,46)/p-1. The molecule has 4 rings (SSSR count). The molecule has 256 valence electrons. The molecule has 0 spiro atoms. The third kappa shape index (κ3) is 9.35. The van der Waals surface area contributed by atoms with E-state index in [2.05, 4.69) is 9.97 Å². The largest absolute Gasteiger partial charge is 0.550 e. The van der Waals surface area contributed by atoms with Gasteiger partial charge in [0.25, 0.3) is 0 Å². The van der Waals surface area contributed by atoms with Crippen LogP contribution in [0.5, 0.6) is 11.5 Å². The number of halogens is 6. The summed E-state index contributed by atoms with van der Waals surface area (Å²) in [5, 5.41) is 10.7. The SMILES string of the molecule is COc1ccc(C(C)C)cc1-c1ccc(C)nc1CN(Cc1cc(C(F)(F)F)cc(C(F)(F)F)c1)c1ncc(OCCCC(=O)[O-])cn1. The van der Waals surface area contributed by atoms with E-state index in [0.29, 0.717) is 40.4 Å². The van der Waals surface area contributed by atoms with E-state index in [1.54, 1.807) is 13.0 Å². The summed E-state index contributed by atoms with van der Waals surface area (Å²) >= 11 is 0. The van der Waals surface area contributed by atoms with Gasteiger partial charge in [-0.2, -0.15) is 26.3 Å². The minimum Gasteiger partial charge on any atom is -0.550 e. The van der Waals surface area contributed by atoms with Gasteiger partial charge in [0.1, 0.15) is 5.75 Å². The first-order valence-corrected chi connectivity index (χ1v) is 14.9. The molecule has 0 unspecified atom stereocenters. The first-order valence-electron chi connectivity index (χ1n) is 14.9. The highest BCUT2D eigenvalue weighted by atomic mass is 19.4. The summed E-state index contributed by atoms with van der Waals surface area (Å²) in [6, 6.07) is 10.7. The van der Waals surface area contributed by atoms with Crippen molar-refractivity contribution < 1.29 is 45.7 Å². The lowest BCUT2D eigenvalue weighted by molar-refractivity contribution is -0.305. The molecule has 0 radical (unpaired) electrons. The maximum absolute atomic E-state index is 13.7. The van der Waals surface area contributed by atoms with Gasteiger partial charge in [0, 0.05) is 29.3 Å². The number of ether oxygens (including phenoxy) is 2. The van der Waals surface area contributed by atoms with E-state index in [0.717, 1.165) is 5.56 Å². The summed E-state index contributed by atoms with van der Waals surface area (Å²) < 4.78 is 93.5. The number of aliphatic carboxylic acids is 1. The molecule has 0 amide bonds. The Morgan fingerprint density at radius 3 is 2.10 bits per heavy atom. The molecule has 0 saturated carbocycles. The van der Waals surface area contributed by atoms with Crippen LogP contribution >= 0.6 is 0 Å². The van der Waals surface area contributed by atoms with Crippen molar-refractivity contribution in [1.82, 2.24) is 15.0 Å². The highest BCUT2D eigenvalue weighted by molar-refractivity contribution is 5.74. The van der Waals surface area contributed by atoms with Gasteiger partial charge in [0.05, 0.1) is 49.5 Å². The van der Waals surface area contributed by atoms with Crippen molar-refractivity contribution in [3.05, 3.63) is 94.6 Å². The molecule has 0 saturated heterocycles. The number of hydrogen-bond donors (Lipinski definition) is 0. The molecular formula is C34H33F6N4O4-. The predicted molar refractivity (Wildman–Crippen MR) is 163 cm³/mol. The van der Waals surface area contributed by atoms with Crippen LogP contribution in [0, 0.1) is 6.92 Å². The van der Waals surface area contributed by atoms with Crippen molar-refractivity contribution in [2.24, 2.45) is 0 Å². The fourth-order valence-corrected chi connectivity index (χ4v) is 4.93. The van der Waals surface area contributed by atoms with Crippen LogP contribution in [-0.2, 0) is 30.2 Å². The van der Waals surface area contributed by atoms with Gasteiger partial charge in [-0.15, -0.1) is 0 Å². The Morgan fingerprint density at radius 1 is 0.896 bits per heavy atom. The Labute approximate surface area is 273 Å². The molecular weight excluding hydrogens is 642 g/mol. The maximum atomic E-state index is 13.7. The number of carbonyl (C=O) groups excluding carboxylic acids is 1. The monoisotopic (exact) mass is 675 g/mol. The minimum absolute atomic E-state index is 0.0265. The first kappa shape index (κ1) is 36.0. The van der Waals surface area contributed by atoms with Gasteiger partial charge in [-0.05, 0) is 73.2 Å². The quantitative estimate of drug-likeness (QED) is 0.109. The zero-order valence-corrected chi connectivity index (χ0v) is 26.6. The number of carboxylic acid groups (broad SMARTS) is 1. The zero-order valence-electron chi connectivity index (χ0n) is 26.6. The number of rotatable bonds is 13. The number of carboxylic acids is 1. The van der Waals surface area contributed by atoms with E-state index in [9.17, 15) is 36.2 Å². The Bertz CT molecular complexity index is 1690. The fourth-order valence-electron chi connectivity index (χ4n) is 4.93. The minimum atomic E-state index is -5.03. The number of alkyl halides is 6. The van der Waals surface area contributed by atoms with Crippen LogP contribution in [0.3, 0.4) is 0 Å². The van der Waals surface area contributed by atoms with Crippen molar-refractivity contribution in [3.63, 3.8) is 0 Å². The third-order valence-corrected chi connectivity index (χ3v) is 7.35. The molecule has 2 aromatic carbocycles. The van der Waals surface area contributed by atoms with Crippen LogP contribution in [0.25, 0.3) is 11.1 Å². The number of aromatic nitrogens is 3. The molecule has 0 fully saturated rings. The molecule has 48 heavy (non-hydrogen) atoms. The number of carbonyl (C=O) groups is 1. The topological polar surface area (TPSA) is 101 Å². The second-order valence-electron chi connectivity index (χ2n) is 11.4. The number of pyridine rings is 1. The van der Waals surface area contributed by atoms with Gasteiger partial charge in [0.15, 0.2) is 5.75 Å². The number of methoxy groups -OCH3 is 1. The highest BCUT2D eigenvalue weighted by Crippen LogP contribution is 2.38. The average Bonchev–Trinajstić information content (AvgIpc) is 3.02. The Balaban J connectivity index is 1.80. The van der Waals surface area contributed by atoms with Crippen LogP contribution in [0.15, 0.2) is 60.9 Å². The van der Waals surface area contributed by atoms with Crippen molar-refractivity contribution in [2.75, 3.05) is 18.6 Å². The van der Waals surface area contributed by atoms with E-state index < -0.39 is 36.0 Å². The number of hydrogen-bond acceptors (Lipinski definition) is 8. The number of aryl methyl sites for hydroxylation is 1. The van der Waals surface area contributed by atoms with E-state index in [4.69, 9.17) is 14.5 Å². The van der Waals surface area contributed by atoms with E-state index in [1.807, 2.05) is 38.1 Å². The molecule has 2 aromatic heterocycles. The molecule has 0 aliphatic carbocycles. The van der Waals surface area contributed by atoms with Gasteiger partial charge in [-0.1, -0.05) is 26.0 Å². The molecule has 8 nitrogen and oxygen atoms in total. The molecule has 0 N–H and O–H groups in total. The normalized spacial score (nSPS) is 11.9. The predicted octanol–water partition coefficient (Wildman–Crippen LogP) is 7.13. The number of anilines is 1. The Hall–Kier alpha value is -4.88. The van der Waals surface area contributed by atoms with E-state index in [1.165, 1.54) is 24.4 Å². The molecule has 2 heterocycles. The average molecular weight is 676 g/mol. The summed E-state index contributed by atoms with van der Waals surface area (Å²) in [6.45, 7) is 5.27. The van der Waals surface area contributed by atoms with Crippen molar-refractivity contribution in [3.8, 4) is 22.6 Å². The van der Waals surface area contributed by atoms with Gasteiger partial charge >= 0.3 is 12.4 Å². The number of benzene rings is 2. The van der Waals surface area contributed by atoms with Gasteiger partial charge in [-0.3, -0.25) is 4.98 Å². The van der Waals surface area contributed by atoms with Crippen LogP contribution in [-0.4, -0.2) is 34.6 Å². The van der Waals surface area contributed by atoms with Gasteiger partial charge in [0.2, 0.25) is 5.95 Å². The van der Waals surface area contributed by atoms with E-state index in [-0.39, 0.29) is 55.2 Å². The zero-order chi connectivity index (χ0) is 35.2. The summed E-state index contributed by atoms with van der Waals surface area (Å²) in [5.41, 5.74) is 0.240. The first-order chi connectivity index (χ1) is 22.5.